The van der Waals surface area contributed by atoms with E-state index in [0.29, 0.717) is 23.4 Å². The Morgan fingerprint density at radius 1 is 0.909 bits per heavy atom. The lowest BCUT2D eigenvalue weighted by Crippen LogP contribution is -2.47. The largest absolute Gasteiger partial charge is 0.368 e. The van der Waals surface area contributed by atoms with Crippen LogP contribution in [0.25, 0.3) is 0 Å². The predicted octanol–water partition coefficient (Wildman–Crippen LogP) is 4.30. The van der Waals surface area contributed by atoms with Crippen LogP contribution in [0.4, 0.5) is 34.5 Å². The molecule has 3 N–H and O–H groups in total. The number of H-pyrrole nitrogens is 1. The minimum atomic E-state index is 0.558. The van der Waals surface area contributed by atoms with Gasteiger partial charge in [-0.05, 0) is 37.8 Å². The van der Waals surface area contributed by atoms with Crippen molar-refractivity contribution < 1.29 is 4.79 Å². The van der Waals surface area contributed by atoms with E-state index in [2.05, 4.69) is 89.7 Å². The van der Waals surface area contributed by atoms with Gasteiger partial charge in [0.25, 0.3) is 0 Å². The zero-order valence-electron chi connectivity index (χ0n) is 24.7. The maximum Gasteiger partial charge on any atom is 0.235 e. The van der Waals surface area contributed by atoms with Gasteiger partial charge in [0, 0.05) is 86.6 Å². The topological polar surface area (TPSA) is 144 Å². The number of carbonyl (C=O) groups is 1. The fourth-order valence-corrected chi connectivity index (χ4v) is 5.28. The molecule has 2 saturated heterocycles. The number of piperazine rings is 1. The number of hydrogen-bond donors (Lipinski definition) is 3. The number of nitrogens with zero attached hydrogens (tertiary/aromatic N) is 9. The van der Waals surface area contributed by atoms with Crippen LogP contribution in [0.15, 0.2) is 55.3 Å². The summed E-state index contributed by atoms with van der Waals surface area (Å²) in [6, 6.07) is 6.20. The molecule has 6 heterocycles. The number of amides is 1. The van der Waals surface area contributed by atoms with Crippen LogP contribution in [0.3, 0.4) is 0 Å². The van der Waals surface area contributed by atoms with Gasteiger partial charge in [-0.25, -0.2) is 4.98 Å². The van der Waals surface area contributed by atoms with Crippen molar-refractivity contribution in [2.45, 2.75) is 31.6 Å². The summed E-state index contributed by atoms with van der Waals surface area (Å²) in [5, 5.41) is 15.7. The summed E-state index contributed by atoms with van der Waals surface area (Å²) in [7, 11) is 0. The molecule has 4 aromatic rings. The van der Waals surface area contributed by atoms with Crippen LogP contribution >= 0.6 is 11.3 Å². The van der Waals surface area contributed by atoms with Gasteiger partial charge in [0.15, 0.2) is 10.9 Å². The highest BCUT2D eigenvalue weighted by molar-refractivity contribution is 7.13. The Balaban J connectivity index is 0.000000315. The highest BCUT2D eigenvalue weighted by atomic mass is 32.1. The lowest BCUT2D eigenvalue weighted by Gasteiger charge is -2.36. The van der Waals surface area contributed by atoms with E-state index in [1.807, 2.05) is 12.4 Å². The summed E-state index contributed by atoms with van der Waals surface area (Å²) in [5.74, 6) is 3.44. The van der Waals surface area contributed by atoms with Crippen molar-refractivity contribution in [1.29, 1.82) is 0 Å². The first-order valence-corrected chi connectivity index (χ1v) is 15.3. The maximum absolute atomic E-state index is 9.73. The number of aromatic amines is 1. The van der Waals surface area contributed by atoms with Crippen LogP contribution in [-0.4, -0.2) is 80.8 Å². The molecule has 7 rings (SSSR count). The summed E-state index contributed by atoms with van der Waals surface area (Å²) >= 11 is 1.39. The number of rotatable bonds is 8. The summed E-state index contributed by atoms with van der Waals surface area (Å²) in [4.78, 5) is 38.9. The van der Waals surface area contributed by atoms with E-state index in [9.17, 15) is 4.79 Å². The normalized spacial score (nSPS) is 15.5. The molecule has 2 aliphatic heterocycles. The minimum Gasteiger partial charge on any atom is -0.368 e. The minimum absolute atomic E-state index is 0.558. The molecule has 3 fully saturated rings. The molecule has 13 nitrogen and oxygen atoms in total. The highest BCUT2D eigenvalue weighted by Gasteiger charge is 2.26. The van der Waals surface area contributed by atoms with Crippen molar-refractivity contribution in [2.75, 3.05) is 64.6 Å². The molecular formula is C30H38N12OS. The molecule has 1 saturated carbocycles. The number of terminal acetylenes is 1. The summed E-state index contributed by atoms with van der Waals surface area (Å²) in [6.07, 6.45) is 18.8. The second-order valence-corrected chi connectivity index (χ2v) is 10.7. The molecule has 3 aliphatic rings. The van der Waals surface area contributed by atoms with Gasteiger partial charge in [-0.2, -0.15) is 20.1 Å². The van der Waals surface area contributed by atoms with Crippen LogP contribution in [-0.2, 0) is 4.79 Å². The number of carbonyl (C=O) groups excluding carboxylic acids is 1. The number of pyridine rings is 1. The van der Waals surface area contributed by atoms with Crippen molar-refractivity contribution in [1.82, 2.24) is 35.1 Å². The van der Waals surface area contributed by atoms with Crippen molar-refractivity contribution in [3.63, 3.8) is 0 Å². The number of thiazole rings is 1. The van der Waals surface area contributed by atoms with E-state index in [1.165, 1.54) is 48.4 Å². The van der Waals surface area contributed by atoms with Gasteiger partial charge in [-0.3, -0.25) is 14.9 Å². The van der Waals surface area contributed by atoms with Gasteiger partial charge in [-0.15, -0.1) is 37.3 Å². The smallest absolute Gasteiger partial charge is 0.235 e. The Morgan fingerprint density at radius 2 is 1.55 bits per heavy atom. The number of aromatic nitrogens is 7. The molecular weight excluding hydrogens is 576 g/mol. The van der Waals surface area contributed by atoms with Crippen molar-refractivity contribution in [3.8, 4) is 12.8 Å². The molecule has 0 aromatic carbocycles. The van der Waals surface area contributed by atoms with Crippen molar-refractivity contribution in [2.24, 2.45) is 0 Å². The van der Waals surface area contributed by atoms with Gasteiger partial charge in [0.05, 0.1) is 0 Å². The first-order valence-electron chi connectivity index (χ1n) is 14.4. The fourth-order valence-electron chi connectivity index (χ4n) is 4.79. The third-order valence-corrected chi connectivity index (χ3v) is 7.76. The average molecular weight is 615 g/mol. The van der Waals surface area contributed by atoms with E-state index in [1.54, 1.807) is 11.6 Å². The zero-order valence-corrected chi connectivity index (χ0v) is 25.5. The van der Waals surface area contributed by atoms with Crippen LogP contribution < -0.4 is 25.3 Å². The third kappa shape index (κ3) is 8.74. The molecule has 0 atom stereocenters. The van der Waals surface area contributed by atoms with Crippen LogP contribution in [0.5, 0.6) is 0 Å². The van der Waals surface area contributed by atoms with Gasteiger partial charge in [0.1, 0.15) is 0 Å². The van der Waals surface area contributed by atoms with Gasteiger partial charge in [0.2, 0.25) is 24.3 Å². The molecule has 230 valence electrons. The van der Waals surface area contributed by atoms with E-state index in [0.717, 1.165) is 57.0 Å². The summed E-state index contributed by atoms with van der Waals surface area (Å²) in [6.45, 7) is 11.5. The molecule has 44 heavy (non-hydrogen) atoms. The zero-order chi connectivity index (χ0) is 31.1. The molecule has 1 aliphatic carbocycles. The Bertz CT molecular complexity index is 1430. The van der Waals surface area contributed by atoms with E-state index >= 15 is 0 Å². The molecule has 0 unspecified atom stereocenters. The maximum atomic E-state index is 9.73. The van der Waals surface area contributed by atoms with Gasteiger partial charge in [-0.1, -0.05) is 0 Å². The summed E-state index contributed by atoms with van der Waals surface area (Å²) < 4.78 is 0. The molecule has 1 amide bonds. The van der Waals surface area contributed by atoms with Crippen LogP contribution in [0, 0.1) is 12.8 Å². The standard InChI is InChI=1S/C22H28N10.C4H4N2OS.C2H4.C2H2/c1-2-10-31(9-1)21-25-20(24-19-15-18(28-29-19)16-3-4-16)26-22(27-21)32-13-11-30(12-14-32)17-5-7-23-8-6-17;7-3-6-4-5-1-2-8-4;2*1-2/h5-8,15-16H,1-4,9-14H2,(H2,24,25,26,27,28,29);1-3H,(H,5,6,7);1-2H2;1-2H. The SMILES string of the molecule is C#C.C=C.O=CNc1nccs1.c1cc(N2CCN(c3nc(Nc4cc(C5CC5)[nH]n4)nc(N4CCCC4)n3)CC2)ccn1. The Labute approximate surface area is 261 Å². The van der Waals surface area contributed by atoms with Gasteiger partial charge < -0.3 is 25.3 Å². The second-order valence-electron chi connectivity index (χ2n) is 9.84. The lowest BCUT2D eigenvalue weighted by atomic mass is 10.3. The molecule has 4 aromatic heterocycles. The predicted molar refractivity (Wildman–Crippen MR) is 177 cm³/mol. The van der Waals surface area contributed by atoms with E-state index < -0.39 is 0 Å². The van der Waals surface area contributed by atoms with E-state index in [-0.39, 0.29) is 0 Å². The van der Waals surface area contributed by atoms with Crippen molar-refractivity contribution >= 4 is 52.2 Å². The van der Waals surface area contributed by atoms with Crippen LogP contribution in [0.1, 0.15) is 37.3 Å². The van der Waals surface area contributed by atoms with Gasteiger partial charge >= 0.3 is 0 Å². The molecule has 0 spiro atoms. The second kappa shape index (κ2) is 16.6. The van der Waals surface area contributed by atoms with Crippen LogP contribution in [0.2, 0.25) is 0 Å². The first-order chi connectivity index (χ1) is 21.7. The average Bonchev–Trinajstić information content (AvgIpc) is 3.45. The highest BCUT2D eigenvalue weighted by Crippen LogP contribution is 2.39. The third-order valence-electron chi connectivity index (χ3n) is 7.06. The molecule has 14 heteroatoms. The Kier molecular flexibility index (Phi) is 12.0. The number of nitrogens with one attached hydrogen (secondary N) is 3. The fraction of sp³-hybridized carbons (Fsp3) is 0.367. The monoisotopic (exact) mass is 614 g/mol. The van der Waals surface area contributed by atoms with Crippen molar-refractivity contribution in [3.05, 3.63) is 61.0 Å². The summed E-state index contributed by atoms with van der Waals surface area (Å²) in [5.41, 5.74) is 2.40. The number of anilines is 6. The Hall–Kier alpha value is -5.03. The molecule has 0 bridgehead atoms. The first kappa shape index (κ1) is 31.9. The molecule has 0 radical (unpaired) electrons. The Morgan fingerprint density at radius 3 is 2.14 bits per heavy atom. The number of hydrogen-bond acceptors (Lipinski definition) is 12. The lowest BCUT2D eigenvalue weighted by molar-refractivity contribution is -0.105. The van der Waals surface area contributed by atoms with E-state index in [4.69, 9.17) is 15.0 Å². The quantitative estimate of drug-likeness (QED) is 0.148.